The van der Waals surface area contributed by atoms with Crippen LogP contribution in [0.5, 0.6) is 0 Å². The largest absolute Gasteiger partial charge is 0.481 e. The highest BCUT2D eigenvalue weighted by molar-refractivity contribution is 5.85. The molecule has 0 bridgehead atoms. The summed E-state index contributed by atoms with van der Waals surface area (Å²) in [5.74, 6) is -2.38. The number of nitrogens with two attached hydrogens (primary N) is 1. The molecule has 0 aliphatic rings. The molecule has 0 unspecified atom stereocenters. The van der Waals surface area contributed by atoms with Gasteiger partial charge in [-0.05, 0) is 12.1 Å². The lowest BCUT2D eigenvalue weighted by Gasteiger charge is -2.26. The molecule has 0 fully saturated rings. The van der Waals surface area contributed by atoms with Crippen LogP contribution >= 0.6 is 12.4 Å². The third-order valence-electron chi connectivity index (χ3n) is 2.26. The summed E-state index contributed by atoms with van der Waals surface area (Å²) in [6.45, 7) is 0. The van der Waals surface area contributed by atoms with Crippen LogP contribution in [-0.2, 0) is 9.59 Å². The van der Waals surface area contributed by atoms with Gasteiger partial charge in [0.05, 0.1) is 0 Å². The fraction of sp³-hybridized carbons (Fsp3) is 0.273. The Labute approximate surface area is 110 Å². The monoisotopic (exact) mass is 274 g/mol. The Hall–Kier alpha value is -1.79. The van der Waals surface area contributed by atoms with Gasteiger partial charge in [0.25, 0.3) is 0 Å². The number of carbonyl (C=O) groups is 2. The molecule has 18 heavy (non-hydrogen) atoms. The molecular formula is C11H15ClN2O4. The molecule has 0 amide bonds. The van der Waals surface area contributed by atoms with Gasteiger partial charge >= 0.3 is 11.9 Å². The van der Waals surface area contributed by atoms with Gasteiger partial charge in [0, 0.05) is 18.5 Å². The quantitative estimate of drug-likeness (QED) is 0.578. The summed E-state index contributed by atoms with van der Waals surface area (Å²) >= 11 is 0. The van der Waals surface area contributed by atoms with E-state index in [-0.39, 0.29) is 25.2 Å². The second kappa shape index (κ2) is 6.83. The zero-order chi connectivity index (χ0) is 12.9. The molecule has 7 heteroatoms. The van der Waals surface area contributed by atoms with E-state index in [1.165, 1.54) is 0 Å². The zero-order valence-electron chi connectivity index (χ0n) is 9.50. The lowest BCUT2D eigenvalue weighted by molar-refractivity contribution is -0.143. The molecule has 0 aromatic heterocycles. The number of halogens is 1. The van der Waals surface area contributed by atoms with Crippen molar-refractivity contribution in [3.63, 3.8) is 0 Å². The number of carboxylic acid groups (broad SMARTS) is 2. The Morgan fingerprint density at radius 2 is 1.78 bits per heavy atom. The van der Waals surface area contributed by atoms with E-state index in [0.717, 1.165) is 0 Å². The van der Waals surface area contributed by atoms with E-state index in [1.54, 1.807) is 30.3 Å². The third-order valence-corrected chi connectivity index (χ3v) is 2.26. The first-order valence-electron chi connectivity index (χ1n) is 5.01. The van der Waals surface area contributed by atoms with E-state index >= 15 is 0 Å². The van der Waals surface area contributed by atoms with Crippen LogP contribution in [0, 0.1) is 0 Å². The number of rotatable bonds is 6. The van der Waals surface area contributed by atoms with E-state index in [2.05, 4.69) is 5.32 Å². The fourth-order valence-electron chi connectivity index (χ4n) is 1.31. The first-order valence-corrected chi connectivity index (χ1v) is 5.01. The normalized spacial score (nSPS) is 12.9. The Bertz CT molecular complexity index is 413. The summed E-state index contributed by atoms with van der Waals surface area (Å²) in [5.41, 5.74) is 4.40. The maximum absolute atomic E-state index is 11.1. The van der Waals surface area contributed by atoms with Crippen molar-refractivity contribution in [2.45, 2.75) is 18.5 Å². The lowest BCUT2D eigenvalue weighted by atomic mass is 10.0. The molecule has 0 radical (unpaired) electrons. The predicted octanol–water partition coefficient (Wildman–Crippen LogP) is 1.12. The number of anilines is 1. The van der Waals surface area contributed by atoms with Crippen LogP contribution in [-0.4, -0.2) is 27.8 Å². The molecule has 1 aromatic rings. The van der Waals surface area contributed by atoms with Crippen LogP contribution in [0.3, 0.4) is 0 Å². The first kappa shape index (κ1) is 16.2. The minimum absolute atomic E-state index is 0. The maximum Gasteiger partial charge on any atom is 0.344 e. The molecule has 0 aliphatic carbocycles. The van der Waals surface area contributed by atoms with Gasteiger partial charge in [-0.25, -0.2) is 4.79 Å². The average Bonchev–Trinajstić information content (AvgIpc) is 2.27. The molecule has 5 N–H and O–H groups in total. The summed E-state index contributed by atoms with van der Waals surface area (Å²) in [4.78, 5) is 21.5. The summed E-state index contributed by atoms with van der Waals surface area (Å²) < 4.78 is 0. The van der Waals surface area contributed by atoms with Crippen molar-refractivity contribution in [3.05, 3.63) is 30.3 Å². The van der Waals surface area contributed by atoms with Crippen molar-refractivity contribution in [3.8, 4) is 0 Å². The predicted molar refractivity (Wildman–Crippen MR) is 68.7 cm³/mol. The van der Waals surface area contributed by atoms with E-state index in [4.69, 9.17) is 15.9 Å². The Morgan fingerprint density at radius 1 is 1.22 bits per heavy atom. The minimum atomic E-state index is -1.78. The molecule has 1 aromatic carbocycles. The summed E-state index contributed by atoms with van der Waals surface area (Å²) in [6.07, 6.45) is -0.519. The Balaban J connectivity index is 0.00000289. The smallest absolute Gasteiger partial charge is 0.344 e. The SMILES string of the molecule is Cl.N[C@](CCC(=O)O)(Nc1ccccc1)C(=O)O. The first-order chi connectivity index (χ1) is 7.94. The van der Waals surface area contributed by atoms with Gasteiger partial charge in [0.1, 0.15) is 0 Å². The standard InChI is InChI=1S/C11H14N2O4.ClH/c12-11(10(16)17,7-6-9(14)15)13-8-4-2-1-3-5-8;/h1-5,13H,6-7,12H2,(H,14,15)(H,16,17);1H/t11-;/m1./s1. The average molecular weight is 275 g/mol. The van der Waals surface area contributed by atoms with Crippen molar-refractivity contribution in [1.82, 2.24) is 0 Å². The third kappa shape index (κ3) is 4.60. The molecule has 0 heterocycles. The number of aliphatic carboxylic acids is 2. The van der Waals surface area contributed by atoms with Gasteiger partial charge < -0.3 is 15.5 Å². The molecule has 1 atom stereocenters. The summed E-state index contributed by atoms with van der Waals surface area (Å²) in [5, 5.41) is 20.2. The highest BCUT2D eigenvalue weighted by Gasteiger charge is 2.34. The van der Waals surface area contributed by atoms with Crippen LogP contribution in [0.15, 0.2) is 30.3 Å². The highest BCUT2D eigenvalue weighted by atomic mass is 35.5. The van der Waals surface area contributed by atoms with Crippen molar-refractivity contribution in [2.75, 3.05) is 5.32 Å². The van der Waals surface area contributed by atoms with Crippen LogP contribution in [0.1, 0.15) is 12.8 Å². The Kier molecular flexibility index (Phi) is 6.15. The van der Waals surface area contributed by atoms with Gasteiger partial charge in [0.2, 0.25) is 0 Å². The van der Waals surface area contributed by atoms with E-state index in [1.807, 2.05) is 0 Å². The molecule has 1 rings (SSSR count). The molecule has 100 valence electrons. The van der Waals surface area contributed by atoms with Crippen LogP contribution in [0.25, 0.3) is 0 Å². The number of hydrogen-bond acceptors (Lipinski definition) is 4. The number of para-hydroxylation sites is 1. The van der Waals surface area contributed by atoms with E-state index in [9.17, 15) is 9.59 Å². The van der Waals surface area contributed by atoms with Gasteiger partial charge in [0.15, 0.2) is 5.66 Å². The fourth-order valence-corrected chi connectivity index (χ4v) is 1.31. The van der Waals surface area contributed by atoms with Crippen LogP contribution in [0.2, 0.25) is 0 Å². The summed E-state index contributed by atoms with van der Waals surface area (Å²) in [7, 11) is 0. The number of hydrogen-bond donors (Lipinski definition) is 4. The van der Waals surface area contributed by atoms with Gasteiger partial charge in [-0.3, -0.25) is 10.5 Å². The molecule has 0 saturated carbocycles. The second-order valence-corrected chi connectivity index (χ2v) is 3.66. The number of nitrogens with one attached hydrogen (secondary N) is 1. The summed E-state index contributed by atoms with van der Waals surface area (Å²) in [6, 6.07) is 8.54. The van der Waals surface area contributed by atoms with Gasteiger partial charge in [-0.2, -0.15) is 0 Å². The van der Waals surface area contributed by atoms with Gasteiger partial charge in [-0.15, -0.1) is 12.4 Å². The molecule has 0 saturated heterocycles. The van der Waals surface area contributed by atoms with E-state index in [0.29, 0.717) is 5.69 Å². The molecular weight excluding hydrogens is 260 g/mol. The van der Waals surface area contributed by atoms with Crippen LogP contribution in [0.4, 0.5) is 5.69 Å². The molecule has 0 aliphatic heterocycles. The minimum Gasteiger partial charge on any atom is -0.481 e. The number of benzene rings is 1. The van der Waals surface area contributed by atoms with Crippen molar-refractivity contribution in [1.29, 1.82) is 0 Å². The highest BCUT2D eigenvalue weighted by Crippen LogP contribution is 2.16. The molecule has 6 nitrogen and oxygen atoms in total. The second-order valence-electron chi connectivity index (χ2n) is 3.66. The molecule has 0 spiro atoms. The topological polar surface area (TPSA) is 113 Å². The zero-order valence-corrected chi connectivity index (χ0v) is 10.3. The number of carboxylic acids is 2. The van der Waals surface area contributed by atoms with E-state index < -0.39 is 17.6 Å². The van der Waals surface area contributed by atoms with Crippen molar-refractivity contribution in [2.24, 2.45) is 5.73 Å². The maximum atomic E-state index is 11.1. The Morgan fingerprint density at radius 3 is 2.22 bits per heavy atom. The lowest BCUT2D eigenvalue weighted by Crippen LogP contribution is -2.55. The van der Waals surface area contributed by atoms with Crippen molar-refractivity contribution < 1.29 is 19.8 Å². The van der Waals surface area contributed by atoms with Crippen molar-refractivity contribution >= 4 is 30.0 Å². The van der Waals surface area contributed by atoms with Gasteiger partial charge in [-0.1, -0.05) is 18.2 Å². The van der Waals surface area contributed by atoms with Crippen LogP contribution < -0.4 is 11.1 Å².